The highest BCUT2D eigenvalue weighted by molar-refractivity contribution is 5.76. The van der Waals surface area contributed by atoms with E-state index in [0.717, 1.165) is 24.6 Å². The van der Waals surface area contributed by atoms with Crippen molar-refractivity contribution in [1.82, 2.24) is 5.32 Å². The van der Waals surface area contributed by atoms with E-state index in [9.17, 15) is 13.6 Å². The molecule has 0 heterocycles. The fourth-order valence-corrected chi connectivity index (χ4v) is 2.04. The summed E-state index contributed by atoms with van der Waals surface area (Å²) in [5.74, 6) is -1.32. The second kappa shape index (κ2) is 6.79. The van der Waals surface area contributed by atoms with Crippen molar-refractivity contribution < 1.29 is 13.6 Å². The first-order valence-electron chi connectivity index (χ1n) is 6.63. The first-order valence-corrected chi connectivity index (χ1v) is 6.63. The normalized spacial score (nSPS) is 13.1. The fourth-order valence-electron chi connectivity index (χ4n) is 2.04. The molecule has 1 amide bonds. The Kier molecular flexibility index (Phi) is 5.62. The largest absolute Gasteiger partial charge is 0.352 e. The number of nitrogens with one attached hydrogen (secondary N) is 1. The van der Waals surface area contributed by atoms with Gasteiger partial charge in [-0.05, 0) is 30.0 Å². The Morgan fingerprint density at radius 1 is 1.35 bits per heavy atom. The molecule has 0 saturated heterocycles. The zero-order valence-electron chi connectivity index (χ0n) is 12.2. The molecule has 5 heteroatoms. The van der Waals surface area contributed by atoms with E-state index in [1.165, 1.54) is 0 Å². The van der Waals surface area contributed by atoms with Gasteiger partial charge in [-0.25, -0.2) is 8.78 Å². The minimum atomic E-state index is -0.536. The van der Waals surface area contributed by atoms with Crippen LogP contribution < -0.4 is 11.1 Å². The second-order valence-electron chi connectivity index (χ2n) is 6.24. The van der Waals surface area contributed by atoms with Gasteiger partial charge in [0.15, 0.2) is 0 Å². The fraction of sp³-hybridized carbons (Fsp3) is 0.533. The van der Waals surface area contributed by atoms with E-state index in [2.05, 4.69) is 5.32 Å². The van der Waals surface area contributed by atoms with E-state index in [1.807, 2.05) is 20.8 Å². The van der Waals surface area contributed by atoms with E-state index >= 15 is 0 Å². The molecule has 1 aromatic rings. The molecule has 20 heavy (non-hydrogen) atoms. The number of amides is 1. The van der Waals surface area contributed by atoms with Gasteiger partial charge in [-0.3, -0.25) is 4.79 Å². The molecule has 1 atom stereocenters. The van der Waals surface area contributed by atoms with Crippen molar-refractivity contribution in [1.29, 1.82) is 0 Å². The van der Waals surface area contributed by atoms with Crippen LogP contribution in [0.3, 0.4) is 0 Å². The molecule has 0 aliphatic heterocycles. The zero-order valence-corrected chi connectivity index (χ0v) is 12.2. The van der Waals surface area contributed by atoms with Gasteiger partial charge in [0.1, 0.15) is 11.6 Å². The molecule has 0 radical (unpaired) electrons. The van der Waals surface area contributed by atoms with E-state index < -0.39 is 11.6 Å². The van der Waals surface area contributed by atoms with Gasteiger partial charge in [-0.15, -0.1) is 0 Å². The summed E-state index contributed by atoms with van der Waals surface area (Å²) in [6.07, 6.45) is 0.892. The maximum absolute atomic E-state index is 13.4. The van der Waals surface area contributed by atoms with Crippen molar-refractivity contribution in [3.63, 3.8) is 0 Å². The number of benzene rings is 1. The Balaban J connectivity index is 2.45. The predicted octanol–water partition coefficient (Wildman–Crippen LogP) is 2.73. The van der Waals surface area contributed by atoms with Gasteiger partial charge in [0.25, 0.3) is 0 Å². The molecule has 3 nitrogen and oxygen atoms in total. The molecule has 1 aromatic carbocycles. The van der Waals surface area contributed by atoms with Crippen LogP contribution >= 0.6 is 0 Å². The monoisotopic (exact) mass is 284 g/mol. The van der Waals surface area contributed by atoms with Crippen LogP contribution in [-0.2, 0) is 11.3 Å². The summed E-state index contributed by atoms with van der Waals surface area (Å²) in [5.41, 5.74) is 6.07. The van der Waals surface area contributed by atoms with Crippen LogP contribution in [0.1, 0.15) is 39.2 Å². The van der Waals surface area contributed by atoms with Crippen LogP contribution in [0.25, 0.3) is 0 Å². The lowest BCUT2D eigenvalue weighted by molar-refractivity contribution is -0.121. The number of carbonyl (C=O) groups is 1. The quantitative estimate of drug-likeness (QED) is 0.873. The van der Waals surface area contributed by atoms with E-state index in [4.69, 9.17) is 5.73 Å². The average Bonchev–Trinajstić information content (AvgIpc) is 2.27. The highest BCUT2D eigenvalue weighted by Gasteiger charge is 2.18. The summed E-state index contributed by atoms with van der Waals surface area (Å²) in [7, 11) is 0. The molecule has 0 aliphatic rings. The third-order valence-corrected chi connectivity index (χ3v) is 2.81. The third-order valence-electron chi connectivity index (χ3n) is 2.81. The maximum atomic E-state index is 13.4. The molecule has 0 bridgehead atoms. The molecule has 0 spiro atoms. The minimum Gasteiger partial charge on any atom is -0.352 e. The molecular formula is C15H22F2N2O. The first kappa shape index (κ1) is 16.6. The Hall–Kier alpha value is -1.49. The molecule has 0 aliphatic carbocycles. The highest BCUT2D eigenvalue weighted by Crippen LogP contribution is 2.21. The number of hydrogen-bond donors (Lipinski definition) is 2. The molecule has 1 unspecified atom stereocenters. The Morgan fingerprint density at radius 2 is 2.00 bits per heavy atom. The lowest BCUT2D eigenvalue weighted by atomic mass is 9.87. The molecule has 1 rings (SSSR count). The van der Waals surface area contributed by atoms with Gasteiger partial charge in [-0.1, -0.05) is 20.8 Å². The molecule has 0 aromatic heterocycles. The number of halogens is 2. The van der Waals surface area contributed by atoms with Crippen LogP contribution in [0.15, 0.2) is 18.2 Å². The van der Waals surface area contributed by atoms with E-state index in [0.29, 0.717) is 0 Å². The highest BCUT2D eigenvalue weighted by atomic mass is 19.1. The lowest BCUT2D eigenvalue weighted by Gasteiger charge is -2.22. The second-order valence-corrected chi connectivity index (χ2v) is 6.24. The standard InChI is InChI=1S/C15H22F2N2O/c1-15(2,3)8-12(18)7-14(20)19-9-10-6-11(16)4-5-13(10)17/h4-6,12H,7-9,18H2,1-3H3,(H,19,20). The Bertz CT molecular complexity index is 469. The van der Waals surface area contributed by atoms with Crippen LogP contribution in [0, 0.1) is 17.0 Å². The van der Waals surface area contributed by atoms with Crippen LogP contribution in [0.4, 0.5) is 8.78 Å². The molecule has 0 fully saturated rings. The van der Waals surface area contributed by atoms with Gasteiger partial charge in [0.05, 0.1) is 0 Å². The van der Waals surface area contributed by atoms with Crippen molar-refractivity contribution in [2.75, 3.05) is 0 Å². The Morgan fingerprint density at radius 3 is 2.60 bits per heavy atom. The van der Waals surface area contributed by atoms with Crippen molar-refractivity contribution in [3.05, 3.63) is 35.4 Å². The lowest BCUT2D eigenvalue weighted by Crippen LogP contribution is -2.34. The number of carbonyl (C=O) groups excluding carboxylic acids is 1. The van der Waals surface area contributed by atoms with Crippen LogP contribution in [0.5, 0.6) is 0 Å². The smallest absolute Gasteiger partial charge is 0.221 e. The molecule has 0 saturated carbocycles. The van der Waals surface area contributed by atoms with Crippen molar-refractivity contribution in [2.24, 2.45) is 11.1 Å². The van der Waals surface area contributed by atoms with Gasteiger partial charge in [0, 0.05) is 24.6 Å². The zero-order chi connectivity index (χ0) is 15.3. The SMILES string of the molecule is CC(C)(C)CC(N)CC(=O)NCc1cc(F)ccc1F. The van der Waals surface area contributed by atoms with E-state index in [-0.39, 0.29) is 35.9 Å². The van der Waals surface area contributed by atoms with Crippen molar-refractivity contribution in [2.45, 2.75) is 46.2 Å². The minimum absolute atomic E-state index is 0.0370. The first-order chi connectivity index (χ1) is 9.17. The average molecular weight is 284 g/mol. The number of rotatable bonds is 5. The maximum Gasteiger partial charge on any atom is 0.221 e. The van der Waals surface area contributed by atoms with Crippen LogP contribution in [0.2, 0.25) is 0 Å². The van der Waals surface area contributed by atoms with Gasteiger partial charge >= 0.3 is 0 Å². The number of hydrogen-bond acceptors (Lipinski definition) is 2. The number of nitrogens with two attached hydrogens (primary N) is 1. The summed E-state index contributed by atoms with van der Waals surface area (Å²) in [6, 6.07) is 2.92. The van der Waals surface area contributed by atoms with Gasteiger partial charge in [-0.2, -0.15) is 0 Å². The molecular weight excluding hydrogens is 262 g/mol. The summed E-state index contributed by atoms with van der Waals surface area (Å²) in [5, 5.41) is 2.56. The van der Waals surface area contributed by atoms with Gasteiger partial charge < -0.3 is 11.1 Å². The summed E-state index contributed by atoms with van der Waals surface area (Å²) < 4.78 is 26.3. The molecule has 112 valence electrons. The summed E-state index contributed by atoms with van der Waals surface area (Å²) in [4.78, 5) is 11.7. The van der Waals surface area contributed by atoms with Crippen LogP contribution in [-0.4, -0.2) is 11.9 Å². The molecule has 3 N–H and O–H groups in total. The predicted molar refractivity (Wildman–Crippen MR) is 74.9 cm³/mol. The third kappa shape index (κ3) is 6.10. The topological polar surface area (TPSA) is 55.1 Å². The van der Waals surface area contributed by atoms with Crippen molar-refractivity contribution >= 4 is 5.91 Å². The van der Waals surface area contributed by atoms with Gasteiger partial charge in [0.2, 0.25) is 5.91 Å². The Labute approximate surface area is 118 Å². The van der Waals surface area contributed by atoms with Crippen molar-refractivity contribution in [3.8, 4) is 0 Å². The summed E-state index contributed by atoms with van der Waals surface area (Å²) in [6.45, 7) is 6.11. The summed E-state index contributed by atoms with van der Waals surface area (Å²) >= 11 is 0. The van der Waals surface area contributed by atoms with E-state index in [1.54, 1.807) is 0 Å².